The van der Waals surface area contributed by atoms with E-state index in [4.69, 9.17) is 4.74 Å². The highest BCUT2D eigenvalue weighted by Gasteiger charge is 2.17. The van der Waals surface area contributed by atoms with Crippen LogP contribution >= 0.6 is 0 Å². The van der Waals surface area contributed by atoms with Gasteiger partial charge in [-0.05, 0) is 51.1 Å². The van der Waals surface area contributed by atoms with Crippen LogP contribution in [0.5, 0.6) is 0 Å². The van der Waals surface area contributed by atoms with Crippen molar-refractivity contribution in [3.63, 3.8) is 0 Å². The number of non-ortho nitro benzene ring substituents is 1. The lowest BCUT2D eigenvalue weighted by atomic mass is 10.1. The third-order valence-electron chi connectivity index (χ3n) is 4.82. The van der Waals surface area contributed by atoms with Gasteiger partial charge in [0.1, 0.15) is 0 Å². The number of ether oxygens (including phenoxy) is 1. The van der Waals surface area contributed by atoms with E-state index >= 15 is 0 Å². The van der Waals surface area contributed by atoms with Gasteiger partial charge in [0, 0.05) is 34.6 Å². The number of nitro benzene ring substituents is 1. The highest BCUT2D eigenvalue weighted by molar-refractivity contribution is 5.95. The lowest BCUT2D eigenvalue weighted by Gasteiger charge is -2.14. The van der Waals surface area contributed by atoms with Crippen LogP contribution < -0.4 is 5.43 Å². The Kier molecular flexibility index (Phi) is 6.79. The van der Waals surface area contributed by atoms with Gasteiger partial charge in [-0.15, -0.1) is 0 Å². The van der Waals surface area contributed by atoms with Crippen LogP contribution in [0, 0.1) is 24.0 Å². The van der Waals surface area contributed by atoms with Crippen LogP contribution in [0.1, 0.15) is 44.6 Å². The van der Waals surface area contributed by atoms with Crippen molar-refractivity contribution in [2.45, 2.75) is 20.8 Å². The summed E-state index contributed by atoms with van der Waals surface area (Å²) < 4.78 is 7.09. The van der Waals surface area contributed by atoms with Gasteiger partial charge in [0.2, 0.25) is 0 Å². The maximum Gasteiger partial charge on any atom is 0.340 e. The molecule has 1 heterocycles. The molecule has 3 aromatic rings. The molecule has 9 nitrogen and oxygen atoms in total. The van der Waals surface area contributed by atoms with Crippen LogP contribution in [-0.2, 0) is 4.74 Å². The van der Waals surface area contributed by atoms with Crippen molar-refractivity contribution in [2.24, 2.45) is 5.10 Å². The number of para-hydroxylation sites is 1. The summed E-state index contributed by atoms with van der Waals surface area (Å²) in [6, 6.07) is 14.3. The summed E-state index contributed by atoms with van der Waals surface area (Å²) in [4.78, 5) is 34.8. The zero-order valence-corrected chi connectivity index (χ0v) is 17.9. The number of rotatable bonds is 7. The number of benzene rings is 2. The monoisotopic (exact) mass is 434 g/mol. The number of nitro groups is 1. The number of nitrogens with zero attached hydrogens (tertiary/aromatic N) is 3. The van der Waals surface area contributed by atoms with Crippen LogP contribution in [0.25, 0.3) is 5.69 Å². The van der Waals surface area contributed by atoms with E-state index in [-0.39, 0.29) is 17.9 Å². The molecule has 1 N–H and O–H groups in total. The molecule has 1 amide bonds. The van der Waals surface area contributed by atoms with Crippen LogP contribution in [0.15, 0.2) is 59.7 Å². The average Bonchev–Trinajstić information content (AvgIpc) is 3.06. The SMILES string of the molecule is CCOC(=O)c1ccccc1-n1c(C)cc(/C=N\NC(=O)c2ccc([N+](=O)[O-])cc2)c1C. The largest absolute Gasteiger partial charge is 0.462 e. The van der Waals surface area contributed by atoms with E-state index < -0.39 is 16.8 Å². The number of hydrogen-bond donors (Lipinski definition) is 1. The Hall–Kier alpha value is -4.27. The number of carbonyl (C=O) groups excluding carboxylic acids is 2. The van der Waals surface area contributed by atoms with E-state index in [0.29, 0.717) is 11.3 Å². The van der Waals surface area contributed by atoms with Gasteiger partial charge in [-0.25, -0.2) is 10.2 Å². The lowest BCUT2D eigenvalue weighted by molar-refractivity contribution is -0.384. The van der Waals surface area contributed by atoms with Gasteiger partial charge in [0.15, 0.2) is 0 Å². The molecule has 1 aromatic heterocycles. The van der Waals surface area contributed by atoms with Crippen molar-refractivity contribution in [2.75, 3.05) is 6.61 Å². The summed E-state index contributed by atoms with van der Waals surface area (Å²) in [5, 5.41) is 14.7. The van der Waals surface area contributed by atoms with Crippen molar-refractivity contribution in [3.8, 4) is 5.69 Å². The summed E-state index contributed by atoms with van der Waals surface area (Å²) in [7, 11) is 0. The molecule has 0 radical (unpaired) electrons. The molecule has 32 heavy (non-hydrogen) atoms. The normalized spacial score (nSPS) is 10.8. The fourth-order valence-electron chi connectivity index (χ4n) is 3.30. The molecule has 2 aromatic carbocycles. The van der Waals surface area contributed by atoms with Crippen LogP contribution in [0.4, 0.5) is 5.69 Å². The van der Waals surface area contributed by atoms with Gasteiger partial charge in [0.05, 0.1) is 29.0 Å². The van der Waals surface area contributed by atoms with Gasteiger partial charge in [0.25, 0.3) is 11.6 Å². The van der Waals surface area contributed by atoms with Crippen LogP contribution in [-0.4, -0.2) is 34.2 Å². The third kappa shape index (κ3) is 4.72. The molecule has 9 heteroatoms. The standard InChI is InChI=1S/C23H22N4O5/c1-4-32-23(29)20-7-5-6-8-21(20)26-15(2)13-18(16(26)3)14-24-25-22(28)17-9-11-19(12-10-17)27(30)31/h5-14H,4H2,1-3H3,(H,25,28)/b24-14-. The number of carbonyl (C=O) groups is 2. The van der Waals surface area contributed by atoms with Crippen molar-refractivity contribution in [1.29, 1.82) is 0 Å². The average molecular weight is 434 g/mol. The topological polar surface area (TPSA) is 116 Å². The quantitative estimate of drug-likeness (QED) is 0.262. The summed E-state index contributed by atoms with van der Waals surface area (Å²) in [5.74, 6) is -0.890. The molecule has 0 aliphatic carbocycles. The number of aryl methyl sites for hydroxylation is 1. The second kappa shape index (κ2) is 9.69. The first-order valence-corrected chi connectivity index (χ1v) is 9.86. The Bertz CT molecular complexity index is 1200. The Morgan fingerprint density at radius 2 is 1.84 bits per heavy atom. The maximum absolute atomic E-state index is 12.4. The first-order valence-electron chi connectivity index (χ1n) is 9.86. The first-order chi connectivity index (χ1) is 15.3. The second-order valence-corrected chi connectivity index (χ2v) is 6.90. The Labute approximate surface area is 184 Å². The molecule has 0 fully saturated rings. The number of hydrazone groups is 1. The number of aromatic nitrogens is 1. The molecule has 0 unspecified atom stereocenters. The zero-order valence-electron chi connectivity index (χ0n) is 17.9. The minimum atomic E-state index is -0.532. The summed E-state index contributed by atoms with van der Waals surface area (Å²) in [5.41, 5.74) is 6.17. The minimum Gasteiger partial charge on any atom is -0.462 e. The predicted octanol–water partition coefficient (Wildman–Crippen LogP) is 3.94. The smallest absolute Gasteiger partial charge is 0.340 e. The highest BCUT2D eigenvalue weighted by Crippen LogP contribution is 2.23. The fourth-order valence-corrected chi connectivity index (χ4v) is 3.30. The maximum atomic E-state index is 12.4. The van der Waals surface area contributed by atoms with E-state index in [1.807, 2.05) is 36.6 Å². The van der Waals surface area contributed by atoms with E-state index in [1.165, 1.54) is 30.5 Å². The van der Waals surface area contributed by atoms with Gasteiger partial charge in [-0.1, -0.05) is 12.1 Å². The molecule has 0 spiro atoms. The van der Waals surface area contributed by atoms with E-state index in [1.54, 1.807) is 19.1 Å². The van der Waals surface area contributed by atoms with E-state index in [9.17, 15) is 19.7 Å². The lowest BCUT2D eigenvalue weighted by Crippen LogP contribution is -2.17. The van der Waals surface area contributed by atoms with Crippen molar-refractivity contribution >= 4 is 23.8 Å². The number of amides is 1. The van der Waals surface area contributed by atoms with Crippen molar-refractivity contribution in [1.82, 2.24) is 9.99 Å². The molecule has 0 atom stereocenters. The molecule has 164 valence electrons. The minimum absolute atomic E-state index is 0.0967. The van der Waals surface area contributed by atoms with Gasteiger partial charge < -0.3 is 9.30 Å². The molecule has 3 rings (SSSR count). The molecule has 0 aliphatic rings. The second-order valence-electron chi connectivity index (χ2n) is 6.90. The van der Waals surface area contributed by atoms with Gasteiger partial charge >= 0.3 is 5.97 Å². The fraction of sp³-hybridized carbons (Fsp3) is 0.174. The van der Waals surface area contributed by atoms with E-state index in [0.717, 1.165) is 17.0 Å². The van der Waals surface area contributed by atoms with Crippen LogP contribution in [0.3, 0.4) is 0 Å². The molecule has 0 saturated carbocycles. The zero-order chi connectivity index (χ0) is 23.3. The van der Waals surface area contributed by atoms with Crippen molar-refractivity contribution in [3.05, 3.63) is 92.8 Å². The Morgan fingerprint density at radius 3 is 2.50 bits per heavy atom. The highest BCUT2D eigenvalue weighted by atomic mass is 16.6. The summed E-state index contributed by atoms with van der Waals surface area (Å²) in [6.45, 7) is 5.82. The van der Waals surface area contributed by atoms with E-state index in [2.05, 4.69) is 10.5 Å². The van der Waals surface area contributed by atoms with Gasteiger partial charge in [-0.2, -0.15) is 5.10 Å². The summed E-state index contributed by atoms with van der Waals surface area (Å²) in [6.07, 6.45) is 1.51. The Morgan fingerprint density at radius 1 is 1.16 bits per heavy atom. The molecule has 0 bridgehead atoms. The van der Waals surface area contributed by atoms with Crippen molar-refractivity contribution < 1.29 is 19.2 Å². The molecular weight excluding hydrogens is 412 g/mol. The summed E-state index contributed by atoms with van der Waals surface area (Å²) >= 11 is 0. The molecule has 0 aliphatic heterocycles. The van der Waals surface area contributed by atoms with Gasteiger partial charge in [-0.3, -0.25) is 14.9 Å². The molecular formula is C23H22N4O5. The first kappa shape index (κ1) is 22.4. The van der Waals surface area contributed by atoms with Crippen LogP contribution in [0.2, 0.25) is 0 Å². The molecule has 0 saturated heterocycles. The number of nitrogens with one attached hydrogen (secondary N) is 1. The Balaban J connectivity index is 1.81. The number of esters is 1. The third-order valence-corrected chi connectivity index (χ3v) is 4.82. The number of hydrogen-bond acceptors (Lipinski definition) is 6. The predicted molar refractivity (Wildman–Crippen MR) is 119 cm³/mol.